The fourth-order valence-electron chi connectivity index (χ4n) is 1.98. The first-order valence-corrected chi connectivity index (χ1v) is 6.22. The summed E-state index contributed by atoms with van der Waals surface area (Å²) in [7, 11) is 0. The summed E-state index contributed by atoms with van der Waals surface area (Å²) in [5.74, 6) is -0.0670. The average Bonchev–Trinajstić information content (AvgIpc) is 2.39. The van der Waals surface area contributed by atoms with E-state index in [0.717, 1.165) is 31.8 Å². The number of carbonyl (C=O) groups excluding carboxylic acids is 1. The van der Waals surface area contributed by atoms with Gasteiger partial charge in [0.25, 0.3) is 0 Å². The van der Waals surface area contributed by atoms with Crippen molar-refractivity contribution >= 4 is 5.91 Å². The molecular formula is C14H19N3O. The summed E-state index contributed by atoms with van der Waals surface area (Å²) in [4.78, 5) is 13.2. The van der Waals surface area contributed by atoms with Gasteiger partial charge in [-0.1, -0.05) is 30.3 Å². The monoisotopic (exact) mass is 245 g/mol. The second-order valence-corrected chi connectivity index (χ2v) is 4.51. The van der Waals surface area contributed by atoms with Crippen molar-refractivity contribution in [2.75, 3.05) is 13.1 Å². The van der Waals surface area contributed by atoms with Gasteiger partial charge < -0.3 is 5.43 Å². The van der Waals surface area contributed by atoms with Crippen LogP contribution in [0.25, 0.3) is 0 Å². The molecule has 2 rings (SSSR count). The van der Waals surface area contributed by atoms with Crippen LogP contribution in [0.2, 0.25) is 0 Å². The lowest BCUT2D eigenvalue weighted by Crippen LogP contribution is -2.39. The van der Waals surface area contributed by atoms with E-state index in [9.17, 15) is 4.79 Å². The molecule has 0 aromatic heterocycles. The Morgan fingerprint density at radius 3 is 2.72 bits per heavy atom. The molecule has 0 aliphatic carbocycles. The van der Waals surface area contributed by atoms with E-state index in [1.54, 1.807) is 0 Å². The van der Waals surface area contributed by atoms with Gasteiger partial charge in [0.1, 0.15) is 0 Å². The lowest BCUT2D eigenvalue weighted by Gasteiger charge is -2.26. The Morgan fingerprint density at radius 2 is 2.11 bits per heavy atom. The van der Waals surface area contributed by atoms with E-state index in [1.165, 1.54) is 12.5 Å². The normalized spacial score (nSPS) is 15.9. The van der Waals surface area contributed by atoms with E-state index >= 15 is 0 Å². The molecule has 1 aromatic rings. The van der Waals surface area contributed by atoms with Crippen LogP contribution in [-0.4, -0.2) is 23.9 Å². The third-order valence-corrected chi connectivity index (χ3v) is 2.94. The van der Waals surface area contributed by atoms with Gasteiger partial charge in [0.2, 0.25) is 5.91 Å². The van der Waals surface area contributed by atoms with Crippen LogP contribution in [0.5, 0.6) is 0 Å². The van der Waals surface area contributed by atoms with Crippen LogP contribution in [0.15, 0.2) is 42.1 Å². The molecule has 2 N–H and O–H groups in total. The summed E-state index contributed by atoms with van der Waals surface area (Å²) in [5.41, 5.74) is 7.97. The molecule has 1 aliphatic rings. The van der Waals surface area contributed by atoms with Crippen molar-refractivity contribution in [3.63, 3.8) is 0 Å². The second-order valence-electron chi connectivity index (χ2n) is 4.51. The molecule has 1 heterocycles. The van der Waals surface area contributed by atoms with Crippen LogP contribution < -0.4 is 10.9 Å². The maximum absolute atomic E-state index is 10.8. The molecular weight excluding hydrogens is 226 g/mol. The minimum atomic E-state index is -0.0670. The highest BCUT2D eigenvalue weighted by Crippen LogP contribution is 2.11. The van der Waals surface area contributed by atoms with Gasteiger partial charge in [-0.25, -0.2) is 0 Å². The molecule has 0 unspecified atom stereocenters. The fourth-order valence-corrected chi connectivity index (χ4v) is 1.98. The van der Waals surface area contributed by atoms with Crippen molar-refractivity contribution in [1.82, 2.24) is 15.8 Å². The lowest BCUT2D eigenvalue weighted by atomic mass is 10.1. The molecule has 0 radical (unpaired) electrons. The average molecular weight is 245 g/mol. The van der Waals surface area contributed by atoms with Crippen LogP contribution in [-0.2, 0) is 11.3 Å². The number of carbonyl (C=O) groups is 1. The van der Waals surface area contributed by atoms with Crippen molar-refractivity contribution in [3.05, 3.63) is 47.7 Å². The maximum atomic E-state index is 10.8. The van der Waals surface area contributed by atoms with Gasteiger partial charge in [-0.2, -0.15) is 0 Å². The molecule has 96 valence electrons. The molecule has 0 bridgehead atoms. The summed E-state index contributed by atoms with van der Waals surface area (Å²) < 4.78 is 0. The summed E-state index contributed by atoms with van der Waals surface area (Å²) in [6.07, 6.45) is 3.06. The van der Waals surface area contributed by atoms with Gasteiger partial charge in [0.15, 0.2) is 0 Å². The van der Waals surface area contributed by atoms with Crippen molar-refractivity contribution in [2.45, 2.75) is 19.9 Å². The Morgan fingerprint density at radius 1 is 1.33 bits per heavy atom. The van der Waals surface area contributed by atoms with Gasteiger partial charge in [0.05, 0.1) is 0 Å². The molecule has 1 aromatic carbocycles. The zero-order chi connectivity index (χ0) is 12.8. The topological polar surface area (TPSA) is 44.4 Å². The standard InChI is InChI=1S/C14H19N3O/c1-12(18)15-16-14-7-9-17(10-8-14)11-13-5-3-2-4-6-13/h2-7,16H,8-11H2,1H3,(H,15,18). The first kappa shape index (κ1) is 12.6. The van der Waals surface area contributed by atoms with Crippen molar-refractivity contribution in [1.29, 1.82) is 0 Å². The molecule has 0 saturated heterocycles. The van der Waals surface area contributed by atoms with Gasteiger partial charge in [-0.05, 0) is 11.6 Å². The molecule has 0 fully saturated rings. The minimum absolute atomic E-state index is 0.0670. The van der Waals surface area contributed by atoms with E-state index < -0.39 is 0 Å². The van der Waals surface area contributed by atoms with Crippen LogP contribution in [0.1, 0.15) is 18.9 Å². The molecule has 0 saturated carbocycles. The Balaban J connectivity index is 1.81. The highest BCUT2D eigenvalue weighted by Gasteiger charge is 2.11. The highest BCUT2D eigenvalue weighted by molar-refractivity contribution is 5.72. The van der Waals surface area contributed by atoms with Crippen molar-refractivity contribution in [3.8, 4) is 0 Å². The van der Waals surface area contributed by atoms with Crippen LogP contribution in [0.3, 0.4) is 0 Å². The van der Waals surface area contributed by atoms with E-state index in [0.29, 0.717) is 0 Å². The maximum Gasteiger partial charge on any atom is 0.235 e. The Labute approximate surface area is 108 Å². The van der Waals surface area contributed by atoms with Crippen LogP contribution in [0.4, 0.5) is 0 Å². The summed E-state index contributed by atoms with van der Waals surface area (Å²) in [6, 6.07) is 10.5. The van der Waals surface area contributed by atoms with Crippen LogP contribution in [0, 0.1) is 0 Å². The number of nitrogens with zero attached hydrogens (tertiary/aromatic N) is 1. The number of hydrazine groups is 1. The SMILES string of the molecule is CC(=O)NNC1=CCN(Cc2ccccc2)CC1. The minimum Gasteiger partial charge on any atom is -0.303 e. The number of hydrogen-bond acceptors (Lipinski definition) is 3. The first-order valence-electron chi connectivity index (χ1n) is 6.22. The van der Waals surface area contributed by atoms with Crippen molar-refractivity contribution < 1.29 is 4.79 Å². The molecule has 0 atom stereocenters. The number of rotatable bonds is 4. The third-order valence-electron chi connectivity index (χ3n) is 2.94. The summed E-state index contributed by atoms with van der Waals surface area (Å²) >= 11 is 0. The molecule has 4 nitrogen and oxygen atoms in total. The van der Waals surface area contributed by atoms with Gasteiger partial charge in [0, 0.05) is 38.7 Å². The van der Waals surface area contributed by atoms with E-state index in [1.807, 2.05) is 6.07 Å². The zero-order valence-electron chi connectivity index (χ0n) is 10.6. The Hall–Kier alpha value is -1.81. The highest BCUT2D eigenvalue weighted by atomic mass is 16.2. The summed E-state index contributed by atoms with van der Waals surface area (Å²) in [6.45, 7) is 4.40. The molecule has 0 spiro atoms. The molecule has 4 heteroatoms. The van der Waals surface area contributed by atoms with E-state index in [4.69, 9.17) is 0 Å². The Bertz CT molecular complexity index is 428. The van der Waals surface area contributed by atoms with Crippen molar-refractivity contribution in [2.24, 2.45) is 0 Å². The second kappa shape index (κ2) is 6.21. The van der Waals surface area contributed by atoms with Gasteiger partial charge >= 0.3 is 0 Å². The number of benzene rings is 1. The lowest BCUT2D eigenvalue weighted by molar-refractivity contribution is -0.119. The smallest absolute Gasteiger partial charge is 0.235 e. The van der Waals surface area contributed by atoms with Crippen LogP contribution >= 0.6 is 0 Å². The van der Waals surface area contributed by atoms with Gasteiger partial charge in [-0.15, -0.1) is 0 Å². The zero-order valence-corrected chi connectivity index (χ0v) is 10.6. The fraction of sp³-hybridized carbons (Fsp3) is 0.357. The molecule has 1 amide bonds. The Kier molecular flexibility index (Phi) is 4.36. The predicted octanol–water partition coefficient (Wildman–Crippen LogP) is 1.42. The third kappa shape index (κ3) is 3.89. The van der Waals surface area contributed by atoms with Gasteiger partial charge in [-0.3, -0.25) is 15.1 Å². The van der Waals surface area contributed by atoms with E-state index in [-0.39, 0.29) is 5.91 Å². The largest absolute Gasteiger partial charge is 0.303 e. The molecule has 1 aliphatic heterocycles. The predicted molar refractivity (Wildman–Crippen MR) is 71.4 cm³/mol. The quantitative estimate of drug-likeness (QED) is 0.788. The molecule has 18 heavy (non-hydrogen) atoms. The summed E-state index contributed by atoms with van der Waals surface area (Å²) in [5, 5.41) is 0. The first-order chi connectivity index (χ1) is 8.74. The number of nitrogens with one attached hydrogen (secondary N) is 2. The number of amides is 1. The number of hydrogen-bond donors (Lipinski definition) is 2. The van der Waals surface area contributed by atoms with E-state index in [2.05, 4.69) is 46.1 Å².